The topological polar surface area (TPSA) is 55.8 Å². The summed E-state index contributed by atoms with van der Waals surface area (Å²) in [5.41, 5.74) is 4.13. The lowest BCUT2D eigenvalue weighted by Crippen LogP contribution is -2.51. The first-order chi connectivity index (χ1) is 15.1. The van der Waals surface area contributed by atoms with Crippen LogP contribution in [0.15, 0.2) is 30.0 Å². The van der Waals surface area contributed by atoms with E-state index in [1.54, 1.807) is 0 Å². The van der Waals surface area contributed by atoms with Gasteiger partial charge in [0.05, 0.1) is 12.9 Å². The van der Waals surface area contributed by atoms with Crippen molar-refractivity contribution >= 4 is 15.0 Å². The van der Waals surface area contributed by atoms with Gasteiger partial charge in [-0.2, -0.15) is 0 Å². The van der Waals surface area contributed by atoms with E-state index >= 15 is 0 Å². The summed E-state index contributed by atoms with van der Waals surface area (Å²) in [4.78, 5) is 10.9. The third kappa shape index (κ3) is 4.50. The number of rotatable bonds is 8. The summed E-state index contributed by atoms with van der Waals surface area (Å²) in [6, 6.07) is 6.79. The van der Waals surface area contributed by atoms with Crippen LogP contribution in [0.5, 0.6) is 5.75 Å². The minimum Gasteiger partial charge on any atom is -0.542 e. The second kappa shape index (κ2) is 8.89. The van der Waals surface area contributed by atoms with Crippen LogP contribution < -0.4 is 4.43 Å². The van der Waals surface area contributed by atoms with Crippen LogP contribution in [0.4, 0.5) is 0 Å². The van der Waals surface area contributed by atoms with Crippen LogP contribution in [0.3, 0.4) is 0 Å². The Bertz CT molecular complexity index is 868. The van der Waals surface area contributed by atoms with Gasteiger partial charge in [0.1, 0.15) is 5.75 Å². The van der Waals surface area contributed by atoms with Crippen LogP contribution in [-0.2, 0) is 20.4 Å². The van der Waals surface area contributed by atoms with Crippen molar-refractivity contribution in [2.75, 3.05) is 6.61 Å². The maximum atomic E-state index is 10.9. The summed E-state index contributed by atoms with van der Waals surface area (Å²) in [5.74, 6) is 2.52. The molecule has 0 amide bonds. The van der Waals surface area contributed by atoms with E-state index < -0.39 is 15.0 Å². The Hall–Kier alpha value is -1.75. The fourth-order valence-corrected chi connectivity index (χ4v) is 7.33. The van der Waals surface area contributed by atoms with Gasteiger partial charge in [-0.15, -0.1) is 0 Å². The molecule has 0 saturated heterocycles. The molecule has 0 spiro atoms. The minimum atomic E-state index is -0.916. The third-order valence-corrected chi connectivity index (χ3v) is 8.29. The fourth-order valence-electron chi connectivity index (χ4n) is 6.71. The van der Waals surface area contributed by atoms with Crippen LogP contribution in [0.25, 0.3) is 0 Å². The lowest BCUT2D eigenvalue weighted by molar-refractivity contribution is -0.137. The van der Waals surface area contributed by atoms with Crippen molar-refractivity contribution < 1.29 is 19.1 Å². The maximum absolute atomic E-state index is 10.9. The van der Waals surface area contributed by atoms with Gasteiger partial charge in [0.25, 0.3) is 9.04 Å². The van der Waals surface area contributed by atoms with Crippen molar-refractivity contribution in [1.82, 2.24) is 0 Å². The highest BCUT2D eigenvalue weighted by Crippen LogP contribution is 2.64. The van der Waals surface area contributed by atoms with E-state index in [0.717, 1.165) is 17.6 Å². The quantitative estimate of drug-likeness (QED) is 0.278. The summed E-state index contributed by atoms with van der Waals surface area (Å²) in [6.07, 6.45) is 9.02. The first-order valence-electron chi connectivity index (χ1n) is 12.3. The molecule has 4 aliphatic rings. The molecule has 5 rings (SSSR count). The smallest absolute Gasteiger partial charge is 0.303 e. The Morgan fingerprint density at radius 3 is 2.47 bits per heavy atom. The normalized spacial score (nSPS) is 30.2. The van der Waals surface area contributed by atoms with E-state index in [4.69, 9.17) is 14.3 Å². The maximum Gasteiger partial charge on any atom is 0.303 e. The predicted octanol–water partition coefficient (Wildman–Crippen LogP) is 6.46. The van der Waals surface area contributed by atoms with E-state index in [-0.39, 0.29) is 17.3 Å². The summed E-state index contributed by atoms with van der Waals surface area (Å²) in [5, 5.41) is 8.93. The van der Waals surface area contributed by atoms with Gasteiger partial charge in [0.2, 0.25) is 0 Å². The SMILES string of the molecule is C[Si](C)Oc1c(C(C)(C)C)cccc1C12CC3CC(CC(C3)C1=COCCCC(=O)O)C2. The zero-order valence-electron chi connectivity index (χ0n) is 20.4. The number of aliphatic carboxylic acids is 1. The summed E-state index contributed by atoms with van der Waals surface area (Å²) in [7, 11) is -0.916. The van der Waals surface area contributed by atoms with Crippen LogP contribution in [0.2, 0.25) is 13.1 Å². The van der Waals surface area contributed by atoms with Crippen LogP contribution in [-0.4, -0.2) is 26.7 Å². The van der Waals surface area contributed by atoms with Gasteiger partial charge in [-0.1, -0.05) is 39.0 Å². The summed E-state index contributed by atoms with van der Waals surface area (Å²) < 4.78 is 12.7. The van der Waals surface area contributed by atoms with Crippen molar-refractivity contribution in [3.63, 3.8) is 0 Å². The molecule has 0 heterocycles. The number of ether oxygens (including phenoxy) is 1. The highest BCUT2D eigenvalue weighted by atomic mass is 28.3. The van der Waals surface area contributed by atoms with E-state index in [1.165, 1.54) is 48.8 Å². The molecule has 2 atom stereocenters. The molecule has 0 aromatic heterocycles. The van der Waals surface area contributed by atoms with Gasteiger partial charge in [-0.25, -0.2) is 0 Å². The van der Waals surface area contributed by atoms with E-state index in [0.29, 0.717) is 18.9 Å². The lowest BCUT2D eigenvalue weighted by Gasteiger charge is -2.58. The second-order valence-electron chi connectivity index (χ2n) is 11.5. The largest absolute Gasteiger partial charge is 0.542 e. The first-order valence-corrected chi connectivity index (χ1v) is 14.7. The fraction of sp³-hybridized carbons (Fsp3) is 0.667. The average Bonchev–Trinajstić information content (AvgIpc) is 2.67. The number of carbonyl (C=O) groups is 1. The molecule has 4 aliphatic carbocycles. The molecular formula is C27H39O4Si. The van der Waals surface area contributed by atoms with Crippen LogP contribution in [0.1, 0.15) is 76.8 Å². The number of benzene rings is 1. The molecule has 1 aromatic carbocycles. The van der Waals surface area contributed by atoms with Crippen molar-refractivity contribution in [2.24, 2.45) is 17.8 Å². The molecular weight excluding hydrogens is 416 g/mol. The molecule has 1 aromatic rings. The molecule has 0 aliphatic heterocycles. The van der Waals surface area contributed by atoms with Gasteiger partial charge in [-0.3, -0.25) is 4.79 Å². The van der Waals surface area contributed by atoms with Gasteiger partial charge >= 0.3 is 5.97 Å². The average molecular weight is 456 g/mol. The van der Waals surface area contributed by atoms with Gasteiger partial charge in [-0.05, 0) is 85.9 Å². The molecule has 2 unspecified atom stereocenters. The zero-order valence-corrected chi connectivity index (χ0v) is 21.4. The Labute approximate surface area is 195 Å². The summed E-state index contributed by atoms with van der Waals surface area (Å²) in [6.45, 7) is 11.7. The van der Waals surface area contributed by atoms with E-state index in [9.17, 15) is 4.79 Å². The molecule has 4 saturated carbocycles. The third-order valence-electron chi connectivity index (χ3n) is 7.68. The highest BCUT2D eigenvalue weighted by molar-refractivity contribution is 6.49. The summed E-state index contributed by atoms with van der Waals surface area (Å²) >= 11 is 0. The van der Waals surface area contributed by atoms with Crippen molar-refractivity contribution in [3.05, 3.63) is 41.2 Å². The van der Waals surface area contributed by atoms with E-state index in [1.807, 2.05) is 6.26 Å². The highest BCUT2D eigenvalue weighted by Gasteiger charge is 2.56. The van der Waals surface area contributed by atoms with Crippen LogP contribution in [0, 0.1) is 17.8 Å². The molecule has 1 N–H and O–H groups in total. The number of hydrogen-bond donors (Lipinski definition) is 1. The Morgan fingerprint density at radius 2 is 1.88 bits per heavy atom. The number of carboxylic acids is 1. The number of allylic oxidation sites excluding steroid dienone is 1. The molecule has 4 bridgehead atoms. The number of hydrogen-bond acceptors (Lipinski definition) is 3. The Balaban J connectivity index is 1.76. The zero-order chi connectivity index (χ0) is 23.1. The molecule has 175 valence electrons. The first kappa shape index (κ1) is 23.4. The van der Waals surface area contributed by atoms with Crippen LogP contribution >= 0.6 is 0 Å². The van der Waals surface area contributed by atoms with Gasteiger partial charge in [0.15, 0.2) is 0 Å². The Kier molecular flexibility index (Phi) is 6.50. The monoisotopic (exact) mass is 455 g/mol. The lowest BCUT2D eigenvalue weighted by atomic mass is 9.46. The Morgan fingerprint density at radius 1 is 1.19 bits per heavy atom. The molecule has 32 heavy (non-hydrogen) atoms. The molecule has 4 fully saturated rings. The molecule has 5 heteroatoms. The van der Waals surface area contributed by atoms with Gasteiger partial charge < -0.3 is 14.3 Å². The second-order valence-corrected chi connectivity index (χ2v) is 13.5. The predicted molar refractivity (Wildman–Crippen MR) is 129 cm³/mol. The number of carboxylic acid groups (broad SMARTS) is 1. The van der Waals surface area contributed by atoms with Gasteiger partial charge in [0, 0.05) is 17.4 Å². The number of para-hydroxylation sites is 1. The molecule has 4 nitrogen and oxygen atoms in total. The van der Waals surface area contributed by atoms with E-state index in [2.05, 4.69) is 52.1 Å². The standard InChI is InChI=1S/C27H39O4Si/c1-26(2,3)21-8-6-9-22(25(21)31-32(4)5)27-15-18-12-19(16-27)14-20(13-18)23(27)17-30-11-7-10-24(28)29/h6,8-9,17-20H,7,10-16H2,1-5H3,(H,28,29). The van der Waals surface area contributed by atoms with Crippen molar-refractivity contribution in [2.45, 2.75) is 89.6 Å². The van der Waals surface area contributed by atoms with Crippen molar-refractivity contribution in [1.29, 1.82) is 0 Å². The van der Waals surface area contributed by atoms with Crippen molar-refractivity contribution in [3.8, 4) is 5.75 Å². The minimum absolute atomic E-state index is 0.00451. The molecule has 1 radical (unpaired) electrons.